The standard InChI is InChI=1S/C10H11Cl2O5P/c11-7-14-9-6-15-18(12,13)17-10(9)16-8-4-2-1-3-5-8/h1-5,9-10H,6-7H2. The first kappa shape index (κ1) is 14.1. The molecule has 0 aliphatic carbocycles. The van der Waals surface area contributed by atoms with Crippen molar-refractivity contribution in [3.8, 4) is 5.75 Å². The summed E-state index contributed by atoms with van der Waals surface area (Å²) in [5, 5.41) is 0. The highest BCUT2D eigenvalue weighted by molar-refractivity contribution is 7.81. The fraction of sp³-hybridized carbons (Fsp3) is 0.400. The molecule has 0 amide bonds. The van der Waals surface area contributed by atoms with Crippen LogP contribution in [0, 0.1) is 0 Å². The third-order valence-electron chi connectivity index (χ3n) is 2.20. The molecule has 0 radical (unpaired) electrons. The van der Waals surface area contributed by atoms with Gasteiger partial charge in [-0.3, -0.25) is 9.05 Å². The van der Waals surface area contributed by atoms with Crippen molar-refractivity contribution in [2.45, 2.75) is 12.4 Å². The van der Waals surface area contributed by atoms with Crippen LogP contribution >= 0.6 is 29.8 Å². The third-order valence-corrected chi connectivity index (χ3v) is 3.77. The Morgan fingerprint density at radius 1 is 1.39 bits per heavy atom. The monoisotopic (exact) mass is 312 g/mol. The summed E-state index contributed by atoms with van der Waals surface area (Å²) < 4.78 is 32.1. The molecule has 100 valence electrons. The summed E-state index contributed by atoms with van der Waals surface area (Å²) >= 11 is 11.0. The number of para-hydroxylation sites is 1. The van der Waals surface area contributed by atoms with Crippen molar-refractivity contribution >= 4 is 29.8 Å². The van der Waals surface area contributed by atoms with E-state index in [0.29, 0.717) is 5.75 Å². The van der Waals surface area contributed by atoms with Crippen LogP contribution in [0.15, 0.2) is 30.3 Å². The molecule has 2 rings (SSSR count). The molecule has 18 heavy (non-hydrogen) atoms. The number of benzene rings is 1. The zero-order valence-electron chi connectivity index (χ0n) is 9.20. The predicted molar refractivity (Wildman–Crippen MR) is 66.9 cm³/mol. The zero-order chi connectivity index (χ0) is 13.0. The van der Waals surface area contributed by atoms with Gasteiger partial charge in [-0.1, -0.05) is 29.8 Å². The molecule has 1 aromatic carbocycles. The quantitative estimate of drug-likeness (QED) is 0.630. The number of alkyl halides is 1. The maximum Gasteiger partial charge on any atom is 0.427 e. The largest absolute Gasteiger partial charge is 0.462 e. The van der Waals surface area contributed by atoms with Gasteiger partial charge in [0.25, 0.3) is 0 Å². The highest BCUT2D eigenvalue weighted by Crippen LogP contribution is 2.57. The minimum atomic E-state index is -3.62. The minimum Gasteiger partial charge on any atom is -0.462 e. The maximum absolute atomic E-state index is 11.5. The molecule has 0 N–H and O–H groups in total. The van der Waals surface area contributed by atoms with Crippen molar-refractivity contribution in [2.75, 3.05) is 12.7 Å². The van der Waals surface area contributed by atoms with Crippen LogP contribution in [0.4, 0.5) is 0 Å². The maximum atomic E-state index is 11.5. The fourth-order valence-corrected chi connectivity index (χ4v) is 2.78. The summed E-state index contributed by atoms with van der Waals surface area (Å²) in [6.07, 6.45) is -1.52. The fourth-order valence-electron chi connectivity index (χ4n) is 1.40. The second kappa shape index (κ2) is 6.24. The summed E-state index contributed by atoms with van der Waals surface area (Å²) in [5.41, 5.74) is 0. The summed E-state index contributed by atoms with van der Waals surface area (Å²) in [4.78, 5) is 0. The number of ether oxygens (including phenoxy) is 2. The highest BCUT2D eigenvalue weighted by Gasteiger charge is 2.40. The van der Waals surface area contributed by atoms with Gasteiger partial charge in [0.1, 0.15) is 17.9 Å². The first-order valence-electron chi connectivity index (χ1n) is 5.12. The Morgan fingerprint density at radius 2 is 2.11 bits per heavy atom. The Labute approximate surface area is 114 Å². The van der Waals surface area contributed by atoms with E-state index in [9.17, 15) is 4.57 Å². The molecule has 1 aliphatic heterocycles. The van der Waals surface area contributed by atoms with Crippen molar-refractivity contribution in [2.24, 2.45) is 0 Å². The van der Waals surface area contributed by atoms with E-state index in [2.05, 4.69) is 0 Å². The van der Waals surface area contributed by atoms with Crippen LogP contribution < -0.4 is 4.74 Å². The SMILES string of the molecule is O=P1(Cl)OCC(OCCl)C(Oc2ccccc2)O1. The van der Waals surface area contributed by atoms with E-state index in [1.165, 1.54) is 0 Å². The summed E-state index contributed by atoms with van der Waals surface area (Å²) in [6.45, 7) is -3.63. The van der Waals surface area contributed by atoms with Gasteiger partial charge in [-0.05, 0) is 12.1 Å². The average molecular weight is 313 g/mol. The molecule has 1 aliphatic rings. The molecule has 8 heteroatoms. The lowest BCUT2D eigenvalue weighted by atomic mass is 10.3. The Morgan fingerprint density at radius 3 is 2.78 bits per heavy atom. The van der Waals surface area contributed by atoms with Crippen molar-refractivity contribution in [1.82, 2.24) is 0 Å². The van der Waals surface area contributed by atoms with E-state index >= 15 is 0 Å². The summed E-state index contributed by atoms with van der Waals surface area (Å²) in [5.74, 6) is 0.546. The highest BCUT2D eigenvalue weighted by atomic mass is 35.7. The molecule has 0 aromatic heterocycles. The van der Waals surface area contributed by atoms with Gasteiger partial charge in [0.15, 0.2) is 0 Å². The Bertz CT molecular complexity index is 430. The average Bonchev–Trinajstić information content (AvgIpc) is 2.34. The molecule has 5 nitrogen and oxygen atoms in total. The van der Waals surface area contributed by atoms with Crippen molar-refractivity contribution in [1.29, 1.82) is 0 Å². The molecule has 0 spiro atoms. The van der Waals surface area contributed by atoms with Crippen molar-refractivity contribution < 1.29 is 23.1 Å². The van der Waals surface area contributed by atoms with Crippen molar-refractivity contribution in [3.05, 3.63) is 30.3 Å². The van der Waals surface area contributed by atoms with E-state index in [4.69, 9.17) is 41.4 Å². The molecule has 3 unspecified atom stereocenters. The topological polar surface area (TPSA) is 54.0 Å². The Balaban J connectivity index is 2.07. The van der Waals surface area contributed by atoms with Gasteiger partial charge in [0, 0.05) is 11.2 Å². The van der Waals surface area contributed by atoms with Gasteiger partial charge in [0.05, 0.1) is 6.61 Å². The van der Waals surface area contributed by atoms with E-state index in [-0.39, 0.29) is 12.7 Å². The van der Waals surface area contributed by atoms with Crippen LogP contribution in [-0.2, 0) is 18.3 Å². The lowest BCUT2D eigenvalue weighted by molar-refractivity contribution is -0.144. The molecule has 1 heterocycles. The smallest absolute Gasteiger partial charge is 0.427 e. The van der Waals surface area contributed by atoms with Gasteiger partial charge >= 0.3 is 6.95 Å². The molecule has 1 fully saturated rings. The molecule has 0 saturated carbocycles. The van der Waals surface area contributed by atoms with Crippen LogP contribution in [0.5, 0.6) is 5.75 Å². The first-order valence-corrected chi connectivity index (χ1v) is 8.11. The minimum absolute atomic E-state index is 0.00893. The van der Waals surface area contributed by atoms with Crippen LogP contribution in [0.3, 0.4) is 0 Å². The van der Waals surface area contributed by atoms with Gasteiger partial charge < -0.3 is 9.47 Å². The van der Waals surface area contributed by atoms with Gasteiger partial charge in [-0.25, -0.2) is 4.57 Å². The summed E-state index contributed by atoms with van der Waals surface area (Å²) in [6, 6.07) is 8.85. The van der Waals surface area contributed by atoms with Gasteiger partial charge in [0.2, 0.25) is 6.29 Å². The molecular weight excluding hydrogens is 302 g/mol. The lowest BCUT2D eigenvalue weighted by Gasteiger charge is -2.32. The van der Waals surface area contributed by atoms with Gasteiger partial charge in [-0.15, -0.1) is 0 Å². The van der Waals surface area contributed by atoms with E-state index in [1.54, 1.807) is 24.3 Å². The molecular formula is C10H11Cl2O5P. The van der Waals surface area contributed by atoms with E-state index in [0.717, 1.165) is 0 Å². The van der Waals surface area contributed by atoms with Crippen LogP contribution in [0.2, 0.25) is 0 Å². The van der Waals surface area contributed by atoms with E-state index < -0.39 is 19.3 Å². The second-order valence-corrected chi connectivity index (χ2v) is 6.24. The van der Waals surface area contributed by atoms with Gasteiger partial charge in [-0.2, -0.15) is 0 Å². The predicted octanol–water partition coefficient (Wildman–Crippen LogP) is 3.37. The molecule has 1 aromatic rings. The molecule has 3 atom stereocenters. The Hall–Kier alpha value is -0.290. The van der Waals surface area contributed by atoms with Crippen LogP contribution in [0.25, 0.3) is 0 Å². The first-order chi connectivity index (χ1) is 8.61. The van der Waals surface area contributed by atoms with Crippen LogP contribution in [-0.4, -0.2) is 25.1 Å². The number of hydrogen-bond donors (Lipinski definition) is 0. The molecule has 0 bridgehead atoms. The number of hydrogen-bond acceptors (Lipinski definition) is 5. The lowest BCUT2D eigenvalue weighted by Crippen LogP contribution is -2.41. The third kappa shape index (κ3) is 3.85. The second-order valence-electron chi connectivity index (χ2n) is 3.45. The Kier molecular flexibility index (Phi) is 4.90. The normalized spacial score (nSPS) is 32.1. The summed E-state index contributed by atoms with van der Waals surface area (Å²) in [7, 11) is 0. The van der Waals surface area contributed by atoms with Crippen LogP contribution in [0.1, 0.15) is 0 Å². The zero-order valence-corrected chi connectivity index (χ0v) is 11.6. The number of rotatable bonds is 4. The van der Waals surface area contributed by atoms with E-state index in [1.807, 2.05) is 6.07 Å². The van der Waals surface area contributed by atoms with Crippen molar-refractivity contribution in [3.63, 3.8) is 0 Å². The molecule has 1 saturated heterocycles. The number of halogens is 2.